The SMILES string of the molecule is C=CCNC(=O)OCCF. The molecule has 0 rings (SSSR count). The molecule has 0 saturated heterocycles. The zero-order chi connectivity index (χ0) is 7.82. The molecule has 0 bridgehead atoms. The number of carbonyl (C=O) groups is 1. The molecule has 0 atom stereocenters. The molecule has 0 heterocycles. The van der Waals surface area contributed by atoms with Crippen molar-refractivity contribution in [2.45, 2.75) is 0 Å². The maximum absolute atomic E-state index is 11.4. The molecule has 1 amide bonds. The predicted molar refractivity (Wildman–Crippen MR) is 35.5 cm³/mol. The van der Waals surface area contributed by atoms with Crippen molar-refractivity contribution in [2.24, 2.45) is 0 Å². The van der Waals surface area contributed by atoms with Crippen molar-refractivity contribution in [3.63, 3.8) is 0 Å². The smallest absolute Gasteiger partial charge is 0.407 e. The minimum absolute atomic E-state index is 0.191. The van der Waals surface area contributed by atoms with Crippen LogP contribution in [-0.2, 0) is 4.74 Å². The summed E-state index contributed by atoms with van der Waals surface area (Å²) in [5, 5.41) is 2.32. The first-order valence-corrected chi connectivity index (χ1v) is 2.88. The summed E-state index contributed by atoms with van der Waals surface area (Å²) in [5.74, 6) is 0. The van der Waals surface area contributed by atoms with Gasteiger partial charge in [0.2, 0.25) is 0 Å². The van der Waals surface area contributed by atoms with E-state index in [0.29, 0.717) is 6.54 Å². The number of rotatable bonds is 4. The molecular formula is C6H10FNO2. The summed E-state index contributed by atoms with van der Waals surface area (Å²) in [7, 11) is 0. The lowest BCUT2D eigenvalue weighted by molar-refractivity contribution is 0.138. The number of ether oxygens (including phenoxy) is 1. The largest absolute Gasteiger partial charge is 0.447 e. The number of amides is 1. The fraction of sp³-hybridized carbons (Fsp3) is 0.500. The minimum Gasteiger partial charge on any atom is -0.447 e. The first-order chi connectivity index (χ1) is 4.81. The Hall–Kier alpha value is -1.06. The summed E-state index contributed by atoms with van der Waals surface area (Å²) < 4.78 is 15.7. The molecule has 0 radical (unpaired) electrons. The Morgan fingerprint density at radius 2 is 2.50 bits per heavy atom. The van der Waals surface area contributed by atoms with Gasteiger partial charge in [-0.15, -0.1) is 6.58 Å². The van der Waals surface area contributed by atoms with E-state index < -0.39 is 12.8 Å². The highest BCUT2D eigenvalue weighted by atomic mass is 19.1. The fourth-order valence-corrected chi connectivity index (χ4v) is 0.338. The van der Waals surface area contributed by atoms with Crippen molar-refractivity contribution in [1.29, 1.82) is 0 Å². The number of halogens is 1. The molecule has 0 aliphatic rings. The van der Waals surface area contributed by atoms with E-state index in [-0.39, 0.29) is 6.61 Å². The monoisotopic (exact) mass is 147 g/mol. The average molecular weight is 147 g/mol. The van der Waals surface area contributed by atoms with Crippen LogP contribution in [0.5, 0.6) is 0 Å². The zero-order valence-electron chi connectivity index (χ0n) is 5.60. The molecule has 0 spiro atoms. The van der Waals surface area contributed by atoms with Crippen LogP contribution in [0.15, 0.2) is 12.7 Å². The van der Waals surface area contributed by atoms with Gasteiger partial charge in [0.25, 0.3) is 0 Å². The molecule has 58 valence electrons. The van der Waals surface area contributed by atoms with Crippen LogP contribution in [0.1, 0.15) is 0 Å². The van der Waals surface area contributed by atoms with Gasteiger partial charge in [-0.3, -0.25) is 0 Å². The van der Waals surface area contributed by atoms with Crippen LogP contribution in [0.25, 0.3) is 0 Å². The maximum atomic E-state index is 11.4. The van der Waals surface area contributed by atoms with Crippen LogP contribution in [0, 0.1) is 0 Å². The van der Waals surface area contributed by atoms with Crippen LogP contribution in [0.3, 0.4) is 0 Å². The highest BCUT2D eigenvalue weighted by Crippen LogP contribution is 1.77. The van der Waals surface area contributed by atoms with Gasteiger partial charge >= 0.3 is 6.09 Å². The van der Waals surface area contributed by atoms with Gasteiger partial charge in [-0.25, -0.2) is 9.18 Å². The normalized spacial score (nSPS) is 8.50. The van der Waals surface area contributed by atoms with Crippen molar-refractivity contribution in [3.8, 4) is 0 Å². The molecule has 1 N–H and O–H groups in total. The third-order valence-corrected chi connectivity index (χ3v) is 0.701. The van der Waals surface area contributed by atoms with Gasteiger partial charge in [-0.2, -0.15) is 0 Å². The quantitative estimate of drug-likeness (QED) is 0.599. The van der Waals surface area contributed by atoms with E-state index in [2.05, 4.69) is 16.6 Å². The molecular weight excluding hydrogens is 137 g/mol. The lowest BCUT2D eigenvalue weighted by atomic mass is 10.6. The van der Waals surface area contributed by atoms with E-state index in [1.165, 1.54) is 6.08 Å². The first kappa shape index (κ1) is 8.94. The molecule has 0 aliphatic carbocycles. The van der Waals surface area contributed by atoms with Crippen LogP contribution >= 0.6 is 0 Å². The molecule has 10 heavy (non-hydrogen) atoms. The molecule has 3 nitrogen and oxygen atoms in total. The third kappa shape index (κ3) is 5.08. The lowest BCUT2D eigenvalue weighted by Gasteiger charge is -2.00. The van der Waals surface area contributed by atoms with E-state index >= 15 is 0 Å². The predicted octanol–water partition coefficient (Wildman–Crippen LogP) is 0.868. The van der Waals surface area contributed by atoms with Crippen LogP contribution in [0.4, 0.5) is 9.18 Å². The van der Waals surface area contributed by atoms with E-state index in [1.807, 2.05) is 0 Å². The van der Waals surface area contributed by atoms with Crippen LogP contribution in [-0.4, -0.2) is 25.9 Å². The van der Waals surface area contributed by atoms with Gasteiger partial charge in [0, 0.05) is 6.54 Å². The van der Waals surface area contributed by atoms with Crippen molar-refractivity contribution in [2.75, 3.05) is 19.8 Å². The second kappa shape index (κ2) is 6.07. The third-order valence-electron chi connectivity index (χ3n) is 0.701. The number of carbonyl (C=O) groups excluding carboxylic acids is 1. The van der Waals surface area contributed by atoms with Crippen molar-refractivity contribution >= 4 is 6.09 Å². The second-order valence-electron chi connectivity index (χ2n) is 1.49. The molecule has 0 fully saturated rings. The highest BCUT2D eigenvalue weighted by molar-refractivity contribution is 5.67. The number of hydrogen-bond acceptors (Lipinski definition) is 2. The van der Waals surface area contributed by atoms with E-state index in [1.54, 1.807) is 0 Å². The van der Waals surface area contributed by atoms with Crippen molar-refractivity contribution < 1.29 is 13.9 Å². The average Bonchev–Trinajstić information content (AvgIpc) is 1.97. The Balaban J connectivity index is 3.16. The Morgan fingerprint density at radius 1 is 1.80 bits per heavy atom. The van der Waals surface area contributed by atoms with Gasteiger partial charge in [0.15, 0.2) is 0 Å². The Morgan fingerprint density at radius 3 is 3.00 bits per heavy atom. The molecule has 4 heteroatoms. The summed E-state index contributed by atoms with van der Waals surface area (Å²) in [6, 6.07) is 0. The standard InChI is InChI=1S/C6H10FNO2/c1-2-4-8-6(9)10-5-3-7/h2H,1,3-5H2,(H,8,9). The molecule has 0 aromatic carbocycles. The van der Waals surface area contributed by atoms with Crippen LogP contribution < -0.4 is 5.32 Å². The number of hydrogen-bond donors (Lipinski definition) is 1. The molecule has 0 aromatic rings. The Bertz CT molecular complexity index is 116. The molecule has 0 aliphatic heterocycles. The molecule has 0 saturated carbocycles. The first-order valence-electron chi connectivity index (χ1n) is 2.88. The Labute approximate surface area is 58.9 Å². The summed E-state index contributed by atoms with van der Waals surface area (Å²) >= 11 is 0. The molecule has 0 aromatic heterocycles. The fourth-order valence-electron chi connectivity index (χ4n) is 0.338. The summed E-state index contributed by atoms with van der Waals surface area (Å²) in [6.07, 6.45) is 0.897. The maximum Gasteiger partial charge on any atom is 0.407 e. The molecule has 0 unspecified atom stereocenters. The van der Waals surface area contributed by atoms with Gasteiger partial charge in [0.1, 0.15) is 13.3 Å². The Kier molecular flexibility index (Phi) is 5.42. The number of alkyl halides is 1. The van der Waals surface area contributed by atoms with Gasteiger partial charge in [-0.05, 0) is 0 Å². The zero-order valence-corrected chi connectivity index (χ0v) is 5.60. The minimum atomic E-state index is -0.651. The van der Waals surface area contributed by atoms with Crippen molar-refractivity contribution in [1.82, 2.24) is 5.32 Å². The highest BCUT2D eigenvalue weighted by Gasteiger charge is 1.96. The summed E-state index contributed by atoms with van der Waals surface area (Å²) in [5.41, 5.74) is 0. The van der Waals surface area contributed by atoms with Crippen molar-refractivity contribution in [3.05, 3.63) is 12.7 Å². The van der Waals surface area contributed by atoms with Gasteiger partial charge in [0.05, 0.1) is 0 Å². The van der Waals surface area contributed by atoms with E-state index in [4.69, 9.17) is 0 Å². The van der Waals surface area contributed by atoms with Gasteiger partial charge < -0.3 is 10.1 Å². The number of nitrogens with one attached hydrogen (secondary N) is 1. The van der Waals surface area contributed by atoms with E-state index in [0.717, 1.165) is 0 Å². The second-order valence-corrected chi connectivity index (χ2v) is 1.49. The lowest BCUT2D eigenvalue weighted by Crippen LogP contribution is -2.24. The summed E-state index contributed by atoms with van der Waals surface area (Å²) in [6.45, 7) is 2.86. The summed E-state index contributed by atoms with van der Waals surface area (Å²) in [4.78, 5) is 10.4. The van der Waals surface area contributed by atoms with Crippen LogP contribution in [0.2, 0.25) is 0 Å². The van der Waals surface area contributed by atoms with E-state index in [9.17, 15) is 9.18 Å². The number of alkyl carbamates (subject to hydrolysis) is 1. The van der Waals surface area contributed by atoms with Gasteiger partial charge in [-0.1, -0.05) is 6.08 Å². The topological polar surface area (TPSA) is 38.3 Å².